The number of ether oxygens (including phenoxy) is 1. The molecule has 21 heavy (non-hydrogen) atoms. The van der Waals surface area contributed by atoms with Crippen molar-refractivity contribution in [1.29, 1.82) is 0 Å². The topological polar surface area (TPSA) is 58.6 Å². The number of thiophene rings is 1. The highest BCUT2D eigenvalue weighted by Crippen LogP contribution is 2.28. The molecule has 1 aliphatic carbocycles. The summed E-state index contributed by atoms with van der Waals surface area (Å²) in [7, 11) is 0. The molecule has 0 spiro atoms. The Kier molecular flexibility index (Phi) is 4.53. The summed E-state index contributed by atoms with van der Waals surface area (Å²) in [4.78, 5) is 12.7. The van der Waals surface area contributed by atoms with Crippen molar-refractivity contribution in [2.45, 2.75) is 18.9 Å². The van der Waals surface area contributed by atoms with Gasteiger partial charge in [0, 0.05) is 17.9 Å². The zero-order valence-electron chi connectivity index (χ0n) is 11.7. The van der Waals surface area contributed by atoms with Gasteiger partial charge in [-0.3, -0.25) is 4.79 Å². The first-order chi connectivity index (χ1) is 10.2. The number of amides is 1. The first-order valence-electron chi connectivity index (χ1n) is 7.25. The van der Waals surface area contributed by atoms with Crippen LogP contribution in [-0.4, -0.2) is 36.9 Å². The lowest BCUT2D eigenvalue weighted by molar-refractivity contribution is 0.0321. The molecule has 1 aromatic carbocycles. The number of fused-ring (bicyclic) bond motifs is 1. The quantitative estimate of drug-likeness (QED) is 0.826. The smallest absolute Gasteiger partial charge is 0.261 e. The minimum atomic E-state index is -0.651. The second-order valence-electron chi connectivity index (χ2n) is 5.49. The van der Waals surface area contributed by atoms with E-state index in [-0.39, 0.29) is 19.1 Å². The zero-order valence-corrected chi connectivity index (χ0v) is 12.6. The highest BCUT2D eigenvalue weighted by atomic mass is 32.1. The molecular formula is C16H19NO3S. The summed E-state index contributed by atoms with van der Waals surface area (Å²) in [6, 6.07) is 9.78. The van der Waals surface area contributed by atoms with Crippen molar-refractivity contribution in [2.75, 3.05) is 19.8 Å². The average Bonchev–Trinajstić information content (AvgIpc) is 3.20. The first kappa shape index (κ1) is 14.5. The van der Waals surface area contributed by atoms with E-state index in [1.807, 2.05) is 30.3 Å². The van der Waals surface area contributed by atoms with Crippen LogP contribution in [0.4, 0.5) is 0 Å². The van der Waals surface area contributed by atoms with Crippen LogP contribution in [0.25, 0.3) is 10.1 Å². The van der Waals surface area contributed by atoms with Crippen molar-refractivity contribution < 1.29 is 14.6 Å². The molecule has 1 fully saturated rings. The van der Waals surface area contributed by atoms with Crippen molar-refractivity contribution in [3.05, 3.63) is 35.2 Å². The molecule has 112 valence electrons. The minimum absolute atomic E-state index is 0.141. The summed E-state index contributed by atoms with van der Waals surface area (Å²) in [5, 5.41) is 13.6. The molecule has 3 rings (SSSR count). The van der Waals surface area contributed by atoms with Crippen LogP contribution in [0.3, 0.4) is 0 Å². The fraction of sp³-hybridized carbons (Fsp3) is 0.438. The van der Waals surface area contributed by atoms with E-state index in [1.165, 1.54) is 24.2 Å². The molecule has 1 aromatic heterocycles. The fourth-order valence-electron chi connectivity index (χ4n) is 2.11. The Balaban J connectivity index is 1.46. The van der Waals surface area contributed by atoms with Crippen molar-refractivity contribution in [2.24, 2.45) is 5.92 Å². The standard InChI is InChI=1S/C16H19NO3S/c18-13(10-20-9-11-5-6-11)8-17-16(19)15-7-12-3-1-2-4-14(12)21-15/h1-4,7,11,13,18H,5-6,8-10H2,(H,17,19). The number of carbonyl (C=O) groups excluding carboxylic acids is 1. The van der Waals surface area contributed by atoms with Crippen molar-refractivity contribution >= 4 is 27.3 Å². The Morgan fingerprint density at radius 2 is 2.24 bits per heavy atom. The fourth-order valence-corrected chi connectivity index (χ4v) is 3.08. The van der Waals surface area contributed by atoms with Crippen LogP contribution in [-0.2, 0) is 4.74 Å². The Morgan fingerprint density at radius 3 is 3.00 bits per heavy atom. The van der Waals surface area contributed by atoms with E-state index in [4.69, 9.17) is 4.74 Å². The molecular weight excluding hydrogens is 286 g/mol. The lowest BCUT2D eigenvalue weighted by Gasteiger charge is -2.11. The summed E-state index contributed by atoms with van der Waals surface area (Å²) in [6.45, 7) is 1.22. The van der Waals surface area contributed by atoms with Gasteiger partial charge in [0.15, 0.2) is 0 Å². The predicted octanol–water partition coefficient (Wildman–Crippen LogP) is 2.42. The number of hydrogen-bond donors (Lipinski definition) is 2. The summed E-state index contributed by atoms with van der Waals surface area (Å²) >= 11 is 1.46. The molecule has 1 unspecified atom stereocenters. The van der Waals surface area contributed by atoms with Crippen LogP contribution in [0.5, 0.6) is 0 Å². The highest BCUT2D eigenvalue weighted by Gasteiger charge is 2.21. The van der Waals surface area contributed by atoms with Crippen LogP contribution in [0.2, 0.25) is 0 Å². The molecule has 1 atom stereocenters. The molecule has 1 saturated carbocycles. The van der Waals surface area contributed by atoms with Gasteiger partial charge in [-0.05, 0) is 36.3 Å². The predicted molar refractivity (Wildman–Crippen MR) is 83.7 cm³/mol. The molecule has 1 aliphatic rings. The van der Waals surface area contributed by atoms with Crippen LogP contribution in [0, 0.1) is 5.92 Å². The van der Waals surface area contributed by atoms with Gasteiger partial charge in [0.2, 0.25) is 0 Å². The van der Waals surface area contributed by atoms with Crippen LogP contribution >= 0.6 is 11.3 Å². The van der Waals surface area contributed by atoms with E-state index >= 15 is 0 Å². The van der Waals surface area contributed by atoms with E-state index in [2.05, 4.69) is 5.32 Å². The molecule has 0 bridgehead atoms. The van der Waals surface area contributed by atoms with E-state index in [1.54, 1.807) is 0 Å². The average molecular weight is 305 g/mol. The largest absolute Gasteiger partial charge is 0.389 e. The normalized spacial score (nSPS) is 16.0. The maximum absolute atomic E-state index is 12.1. The lowest BCUT2D eigenvalue weighted by Crippen LogP contribution is -2.34. The van der Waals surface area contributed by atoms with Gasteiger partial charge in [-0.15, -0.1) is 11.3 Å². The summed E-state index contributed by atoms with van der Waals surface area (Å²) in [6.07, 6.45) is 1.82. The van der Waals surface area contributed by atoms with Crippen LogP contribution in [0.15, 0.2) is 30.3 Å². The van der Waals surface area contributed by atoms with Gasteiger partial charge in [0.25, 0.3) is 5.91 Å². The molecule has 5 heteroatoms. The lowest BCUT2D eigenvalue weighted by atomic mass is 10.2. The molecule has 0 radical (unpaired) electrons. The Morgan fingerprint density at radius 1 is 1.43 bits per heavy atom. The molecule has 2 aromatic rings. The van der Waals surface area contributed by atoms with Crippen molar-refractivity contribution in [3.8, 4) is 0 Å². The van der Waals surface area contributed by atoms with E-state index in [0.717, 1.165) is 16.7 Å². The van der Waals surface area contributed by atoms with Crippen LogP contribution < -0.4 is 5.32 Å². The molecule has 0 saturated heterocycles. The number of nitrogens with one attached hydrogen (secondary N) is 1. The number of aliphatic hydroxyl groups excluding tert-OH is 1. The van der Waals surface area contributed by atoms with Gasteiger partial charge in [-0.25, -0.2) is 0 Å². The second kappa shape index (κ2) is 6.56. The molecule has 4 nitrogen and oxygen atoms in total. The highest BCUT2D eigenvalue weighted by molar-refractivity contribution is 7.20. The number of hydrogen-bond acceptors (Lipinski definition) is 4. The Bertz CT molecular complexity index is 588. The second-order valence-corrected chi connectivity index (χ2v) is 6.58. The third kappa shape index (κ3) is 4.03. The van der Waals surface area contributed by atoms with E-state index < -0.39 is 6.10 Å². The Labute approximate surface area is 127 Å². The van der Waals surface area contributed by atoms with Gasteiger partial charge >= 0.3 is 0 Å². The Hall–Kier alpha value is -1.43. The third-order valence-electron chi connectivity index (χ3n) is 3.51. The monoisotopic (exact) mass is 305 g/mol. The maximum atomic E-state index is 12.1. The number of aliphatic hydroxyl groups is 1. The van der Waals surface area contributed by atoms with Gasteiger partial charge in [0.05, 0.1) is 17.6 Å². The minimum Gasteiger partial charge on any atom is -0.389 e. The third-order valence-corrected chi connectivity index (χ3v) is 4.62. The maximum Gasteiger partial charge on any atom is 0.261 e. The van der Waals surface area contributed by atoms with E-state index in [0.29, 0.717) is 10.8 Å². The van der Waals surface area contributed by atoms with E-state index in [9.17, 15) is 9.90 Å². The number of rotatable bonds is 7. The molecule has 1 heterocycles. The molecule has 0 aliphatic heterocycles. The number of benzene rings is 1. The van der Waals surface area contributed by atoms with Gasteiger partial charge in [-0.1, -0.05) is 18.2 Å². The molecule has 1 amide bonds. The summed E-state index contributed by atoms with van der Waals surface area (Å²) in [5.41, 5.74) is 0. The zero-order chi connectivity index (χ0) is 14.7. The van der Waals surface area contributed by atoms with Crippen molar-refractivity contribution in [1.82, 2.24) is 5.32 Å². The molecule has 2 N–H and O–H groups in total. The van der Waals surface area contributed by atoms with Crippen molar-refractivity contribution in [3.63, 3.8) is 0 Å². The summed E-state index contributed by atoms with van der Waals surface area (Å²) < 4.78 is 6.50. The summed E-state index contributed by atoms with van der Waals surface area (Å²) in [5.74, 6) is 0.544. The van der Waals surface area contributed by atoms with Gasteiger partial charge in [-0.2, -0.15) is 0 Å². The number of carbonyl (C=O) groups is 1. The SMILES string of the molecule is O=C(NCC(O)COCC1CC1)c1cc2ccccc2s1. The van der Waals surface area contributed by atoms with Crippen LogP contribution in [0.1, 0.15) is 22.5 Å². The van der Waals surface area contributed by atoms with Gasteiger partial charge < -0.3 is 15.2 Å². The first-order valence-corrected chi connectivity index (χ1v) is 8.06. The van der Waals surface area contributed by atoms with Gasteiger partial charge in [0.1, 0.15) is 0 Å².